The number of halogens is 1. The zero-order valence-corrected chi connectivity index (χ0v) is 21.7. The number of hydrogen-bond donors (Lipinski definition) is 4. The summed E-state index contributed by atoms with van der Waals surface area (Å²) in [6.45, 7) is 2.01. The lowest BCUT2D eigenvalue weighted by molar-refractivity contribution is -0.121. The maximum Gasteiger partial charge on any atom is 0.415 e. The molecule has 2 unspecified atom stereocenters. The van der Waals surface area contributed by atoms with Gasteiger partial charge < -0.3 is 35.9 Å². The Balaban J connectivity index is 0.970. The van der Waals surface area contributed by atoms with Gasteiger partial charge in [0.2, 0.25) is 5.91 Å². The molecule has 0 saturated carbocycles. The van der Waals surface area contributed by atoms with E-state index in [4.69, 9.17) is 19.9 Å². The van der Waals surface area contributed by atoms with Gasteiger partial charge in [-0.3, -0.25) is 14.5 Å². The Hall–Kier alpha value is -3.88. The maximum absolute atomic E-state index is 14.8. The Morgan fingerprint density at radius 2 is 2.17 bits per heavy atom. The molecule has 1 aliphatic carbocycles. The summed E-state index contributed by atoms with van der Waals surface area (Å²) in [5.74, 6) is -0.206. The Kier molecular flexibility index (Phi) is 6.98. The van der Waals surface area contributed by atoms with Crippen LogP contribution in [0.4, 0.5) is 26.5 Å². The molecular formula is C26H30FN7O6. The van der Waals surface area contributed by atoms with E-state index < -0.39 is 11.6 Å². The summed E-state index contributed by atoms with van der Waals surface area (Å²) >= 11 is 0. The second-order valence-electron chi connectivity index (χ2n) is 10.6. The van der Waals surface area contributed by atoms with Crippen molar-refractivity contribution in [1.29, 1.82) is 0 Å². The molecule has 40 heavy (non-hydrogen) atoms. The number of nitrogens with zero attached hydrogens (tertiary/aromatic N) is 3. The number of carbonyl (C=O) groups excluding carboxylic acids is 3. The Morgan fingerprint density at radius 3 is 3.00 bits per heavy atom. The molecule has 3 aliphatic heterocycles. The fraction of sp³-hybridized carbons (Fsp3) is 0.500. The van der Waals surface area contributed by atoms with E-state index in [-0.39, 0.29) is 60.4 Å². The molecule has 6 rings (SSSR count). The second-order valence-corrected chi connectivity index (χ2v) is 10.6. The van der Waals surface area contributed by atoms with Gasteiger partial charge in [0, 0.05) is 12.3 Å². The van der Waals surface area contributed by atoms with Crippen LogP contribution in [0.25, 0.3) is 0 Å². The first-order valence-corrected chi connectivity index (χ1v) is 13.3. The van der Waals surface area contributed by atoms with Gasteiger partial charge in [0.05, 0.1) is 19.3 Å². The molecule has 2 fully saturated rings. The fourth-order valence-corrected chi connectivity index (χ4v) is 5.42. The van der Waals surface area contributed by atoms with Crippen LogP contribution in [0, 0.1) is 11.7 Å². The fourth-order valence-electron chi connectivity index (χ4n) is 5.42. The Morgan fingerprint density at radius 1 is 1.30 bits per heavy atom. The molecule has 2 saturated heterocycles. The van der Waals surface area contributed by atoms with Crippen LogP contribution in [0.5, 0.6) is 5.88 Å². The molecule has 212 valence electrons. The number of hydrogen-bond acceptors (Lipinski definition) is 10. The molecule has 1 aromatic carbocycles. The van der Waals surface area contributed by atoms with Crippen molar-refractivity contribution in [3.05, 3.63) is 35.3 Å². The number of benzene rings is 1. The van der Waals surface area contributed by atoms with Gasteiger partial charge in [-0.2, -0.15) is 0 Å². The largest absolute Gasteiger partial charge is 0.465 e. The average molecular weight is 556 g/mol. The van der Waals surface area contributed by atoms with E-state index in [1.807, 2.05) is 6.07 Å². The van der Waals surface area contributed by atoms with Gasteiger partial charge in [0.15, 0.2) is 18.2 Å². The number of nitrogens with two attached hydrogens (primary N) is 1. The zero-order chi connectivity index (χ0) is 27.9. The molecule has 3 atom stereocenters. The highest BCUT2D eigenvalue weighted by Crippen LogP contribution is 2.32. The first kappa shape index (κ1) is 26.3. The van der Waals surface area contributed by atoms with E-state index in [1.165, 1.54) is 17.2 Å². The minimum absolute atomic E-state index is 0.130. The van der Waals surface area contributed by atoms with Crippen molar-refractivity contribution < 1.29 is 33.0 Å². The number of amides is 3. The van der Waals surface area contributed by atoms with Crippen molar-refractivity contribution in [1.82, 2.24) is 15.3 Å². The number of carbonyl (C=O) groups is 3. The number of fused-ring (bicyclic) bond motifs is 2. The molecule has 2 aromatic rings. The van der Waals surface area contributed by atoms with Crippen LogP contribution in [0.15, 0.2) is 18.3 Å². The SMILES string of the molecule is N[C@]1(C(=O)Nc2cc(F)c3c(c2)CC(CNCCC2CN(c4cnc5c(n4)NC(=O)CO5)C(=O)O2)C3)CCOC1. The summed E-state index contributed by atoms with van der Waals surface area (Å²) < 4.78 is 30.8. The molecule has 5 N–H and O–H groups in total. The third-order valence-corrected chi connectivity index (χ3v) is 7.60. The third-order valence-electron chi connectivity index (χ3n) is 7.60. The lowest BCUT2D eigenvalue weighted by atomic mass is 9.99. The topological polar surface area (TPSA) is 170 Å². The molecule has 14 heteroatoms. The van der Waals surface area contributed by atoms with Crippen molar-refractivity contribution in [3.63, 3.8) is 0 Å². The second kappa shape index (κ2) is 10.6. The zero-order valence-electron chi connectivity index (χ0n) is 21.7. The normalized spacial score (nSPS) is 25.2. The Bertz CT molecular complexity index is 1350. The van der Waals surface area contributed by atoms with Crippen LogP contribution < -0.4 is 31.3 Å². The van der Waals surface area contributed by atoms with E-state index in [0.717, 1.165) is 5.56 Å². The minimum Gasteiger partial charge on any atom is -0.465 e. The van der Waals surface area contributed by atoms with E-state index in [1.54, 1.807) is 0 Å². The molecule has 4 aliphatic rings. The van der Waals surface area contributed by atoms with Gasteiger partial charge in [0.25, 0.3) is 11.8 Å². The monoisotopic (exact) mass is 555 g/mol. The number of nitrogens with one attached hydrogen (secondary N) is 3. The lowest BCUT2D eigenvalue weighted by Crippen LogP contribution is -2.51. The molecule has 0 radical (unpaired) electrons. The predicted octanol–water partition coefficient (Wildman–Crippen LogP) is 0.723. The minimum atomic E-state index is -1.09. The van der Waals surface area contributed by atoms with Crippen molar-refractivity contribution in [2.24, 2.45) is 11.7 Å². The molecule has 13 nitrogen and oxygen atoms in total. The highest BCUT2D eigenvalue weighted by atomic mass is 19.1. The lowest BCUT2D eigenvalue weighted by Gasteiger charge is -2.21. The molecule has 0 spiro atoms. The highest BCUT2D eigenvalue weighted by Gasteiger charge is 2.39. The predicted molar refractivity (Wildman–Crippen MR) is 140 cm³/mol. The van der Waals surface area contributed by atoms with Crippen LogP contribution >= 0.6 is 0 Å². The summed E-state index contributed by atoms with van der Waals surface area (Å²) in [7, 11) is 0. The standard InChI is InChI=1S/C26H30FN7O6/c27-19-8-16(31-24(36)26(28)2-4-38-13-26)7-15-5-14(6-18(15)19)9-29-3-1-17-11-34(25(37)40-17)20-10-30-23-22(32-20)33-21(35)12-39-23/h7-8,10,14,17,29H,1-6,9,11-13,28H2,(H,31,36)(H,32,33,35)/t14?,17?,26-/m1/s1. The van der Waals surface area contributed by atoms with E-state index in [9.17, 15) is 18.8 Å². The summed E-state index contributed by atoms with van der Waals surface area (Å²) in [5, 5.41) is 8.71. The van der Waals surface area contributed by atoms with Crippen molar-refractivity contribution in [3.8, 4) is 5.88 Å². The van der Waals surface area contributed by atoms with Gasteiger partial charge >= 0.3 is 6.09 Å². The first-order valence-electron chi connectivity index (χ1n) is 13.3. The summed E-state index contributed by atoms with van der Waals surface area (Å²) in [6.07, 6.45) is 2.81. The van der Waals surface area contributed by atoms with Crippen LogP contribution in [0.3, 0.4) is 0 Å². The number of anilines is 3. The summed E-state index contributed by atoms with van der Waals surface area (Å²) in [5.41, 5.74) is 6.98. The molecule has 0 bridgehead atoms. The van der Waals surface area contributed by atoms with Crippen molar-refractivity contribution in [2.45, 2.75) is 37.3 Å². The summed E-state index contributed by atoms with van der Waals surface area (Å²) in [6, 6.07) is 3.17. The van der Waals surface area contributed by atoms with Gasteiger partial charge in [-0.25, -0.2) is 19.2 Å². The third kappa shape index (κ3) is 5.29. The molecule has 4 heterocycles. The number of cyclic esters (lactones) is 1. The quantitative estimate of drug-likeness (QED) is 0.341. The van der Waals surface area contributed by atoms with Crippen molar-refractivity contribution in [2.75, 3.05) is 55.0 Å². The summed E-state index contributed by atoms with van der Waals surface area (Å²) in [4.78, 5) is 46.3. The number of aromatic nitrogens is 2. The van der Waals surface area contributed by atoms with E-state index in [2.05, 4.69) is 25.9 Å². The maximum atomic E-state index is 14.8. The smallest absolute Gasteiger partial charge is 0.415 e. The van der Waals surface area contributed by atoms with Gasteiger partial charge in [-0.15, -0.1) is 0 Å². The number of ether oxygens (including phenoxy) is 3. The van der Waals surface area contributed by atoms with Gasteiger partial charge in [-0.1, -0.05) is 0 Å². The van der Waals surface area contributed by atoms with Crippen LogP contribution in [-0.2, 0) is 31.9 Å². The number of rotatable bonds is 8. The Labute approximate surface area is 228 Å². The van der Waals surface area contributed by atoms with E-state index in [0.29, 0.717) is 63.2 Å². The molecule has 3 amide bonds. The first-order chi connectivity index (χ1) is 19.3. The van der Waals surface area contributed by atoms with Gasteiger partial charge in [-0.05, 0) is 68.0 Å². The van der Waals surface area contributed by atoms with Crippen LogP contribution in [-0.4, -0.2) is 79.0 Å². The average Bonchev–Trinajstić information content (AvgIpc) is 3.65. The van der Waals surface area contributed by atoms with E-state index >= 15 is 0 Å². The van der Waals surface area contributed by atoms with Crippen LogP contribution in [0.1, 0.15) is 24.0 Å². The van der Waals surface area contributed by atoms with Crippen molar-refractivity contribution >= 4 is 35.2 Å². The van der Waals surface area contributed by atoms with Gasteiger partial charge in [0.1, 0.15) is 17.5 Å². The molecular weight excluding hydrogens is 525 g/mol. The molecule has 1 aromatic heterocycles. The highest BCUT2D eigenvalue weighted by molar-refractivity contribution is 5.98. The van der Waals surface area contributed by atoms with Crippen LogP contribution in [0.2, 0.25) is 0 Å².